The maximum atomic E-state index is 11.9. The summed E-state index contributed by atoms with van der Waals surface area (Å²) >= 11 is 1.60. The molecule has 0 bridgehead atoms. The van der Waals surface area contributed by atoms with Crippen molar-refractivity contribution in [2.24, 2.45) is 0 Å². The topological polar surface area (TPSA) is 54.5 Å². The fraction of sp³-hybridized carbons (Fsp3) is 0.556. The monoisotopic (exact) mass is 349 g/mol. The standard InChI is InChI=1S/C18H27N3O2S/c1-13(2)21(14(3)4)10-9-19-17(22)11-23-12-18-20-15-7-5-6-8-16(15)24-18/h5-8,13-14H,9-12H2,1-4H3,(H,19,22). The first-order valence-electron chi connectivity index (χ1n) is 8.42. The van der Waals surface area contributed by atoms with Crippen molar-refractivity contribution < 1.29 is 9.53 Å². The summed E-state index contributed by atoms with van der Waals surface area (Å²) in [6, 6.07) is 8.93. The second kappa shape index (κ2) is 9.11. The van der Waals surface area contributed by atoms with E-state index in [4.69, 9.17) is 4.74 Å². The Balaban J connectivity index is 1.68. The van der Waals surface area contributed by atoms with Gasteiger partial charge in [-0.25, -0.2) is 4.98 Å². The predicted molar refractivity (Wildman–Crippen MR) is 99.3 cm³/mol. The molecule has 1 N–H and O–H groups in total. The lowest BCUT2D eigenvalue weighted by molar-refractivity contribution is -0.126. The molecule has 1 aromatic heterocycles. The molecule has 1 aromatic carbocycles. The molecular formula is C18H27N3O2S. The lowest BCUT2D eigenvalue weighted by atomic mass is 10.2. The lowest BCUT2D eigenvalue weighted by Gasteiger charge is -2.30. The van der Waals surface area contributed by atoms with E-state index < -0.39 is 0 Å². The number of ether oxygens (including phenoxy) is 1. The average molecular weight is 350 g/mol. The van der Waals surface area contributed by atoms with Gasteiger partial charge in [-0.2, -0.15) is 0 Å². The Morgan fingerprint density at radius 1 is 1.25 bits per heavy atom. The molecule has 132 valence electrons. The summed E-state index contributed by atoms with van der Waals surface area (Å²) in [5.74, 6) is -0.0800. The maximum absolute atomic E-state index is 11.9. The Morgan fingerprint density at radius 2 is 1.96 bits per heavy atom. The summed E-state index contributed by atoms with van der Waals surface area (Å²) in [4.78, 5) is 18.7. The lowest BCUT2D eigenvalue weighted by Crippen LogP contribution is -2.43. The van der Waals surface area contributed by atoms with Crippen LogP contribution in [0.2, 0.25) is 0 Å². The normalized spacial score (nSPS) is 11.8. The molecule has 2 aromatic rings. The van der Waals surface area contributed by atoms with Gasteiger partial charge in [-0.3, -0.25) is 9.69 Å². The number of rotatable bonds is 9. The fourth-order valence-corrected chi connectivity index (χ4v) is 3.61. The van der Waals surface area contributed by atoms with Gasteiger partial charge in [-0.15, -0.1) is 11.3 Å². The summed E-state index contributed by atoms with van der Waals surface area (Å²) in [7, 11) is 0. The third kappa shape index (κ3) is 5.54. The number of fused-ring (bicyclic) bond motifs is 1. The van der Waals surface area contributed by atoms with Crippen LogP contribution in [-0.4, -0.2) is 47.6 Å². The van der Waals surface area contributed by atoms with Crippen molar-refractivity contribution in [3.63, 3.8) is 0 Å². The van der Waals surface area contributed by atoms with Crippen LogP contribution in [0.5, 0.6) is 0 Å². The van der Waals surface area contributed by atoms with Gasteiger partial charge in [-0.05, 0) is 39.8 Å². The van der Waals surface area contributed by atoms with Crippen LogP contribution in [-0.2, 0) is 16.1 Å². The predicted octanol–water partition coefficient (Wildman–Crippen LogP) is 3.05. The van der Waals surface area contributed by atoms with E-state index >= 15 is 0 Å². The quantitative estimate of drug-likeness (QED) is 0.756. The number of aromatic nitrogens is 1. The van der Waals surface area contributed by atoms with Gasteiger partial charge in [-0.1, -0.05) is 12.1 Å². The zero-order valence-electron chi connectivity index (χ0n) is 14.9. The van der Waals surface area contributed by atoms with Crippen molar-refractivity contribution in [2.45, 2.75) is 46.4 Å². The van der Waals surface area contributed by atoms with Crippen molar-refractivity contribution in [3.8, 4) is 0 Å². The Labute approximate surface area is 148 Å². The highest BCUT2D eigenvalue weighted by molar-refractivity contribution is 7.18. The van der Waals surface area contributed by atoms with Crippen LogP contribution in [0.1, 0.15) is 32.7 Å². The summed E-state index contributed by atoms with van der Waals surface area (Å²) in [5.41, 5.74) is 0.980. The molecule has 0 saturated heterocycles. The van der Waals surface area contributed by atoms with Gasteiger partial charge in [0.05, 0.1) is 16.8 Å². The van der Waals surface area contributed by atoms with E-state index in [1.165, 1.54) is 0 Å². The van der Waals surface area contributed by atoms with Crippen LogP contribution in [0.3, 0.4) is 0 Å². The molecule has 6 heteroatoms. The van der Waals surface area contributed by atoms with Crippen LogP contribution < -0.4 is 5.32 Å². The number of carbonyl (C=O) groups excluding carboxylic acids is 1. The first-order chi connectivity index (χ1) is 11.5. The molecule has 0 spiro atoms. The molecule has 2 rings (SSSR count). The SMILES string of the molecule is CC(C)N(CCNC(=O)COCc1nc2ccccc2s1)C(C)C. The van der Waals surface area contributed by atoms with Gasteiger partial charge in [0.25, 0.3) is 0 Å². The van der Waals surface area contributed by atoms with Crippen LogP contribution in [0.25, 0.3) is 10.2 Å². The van der Waals surface area contributed by atoms with E-state index in [0.29, 0.717) is 25.2 Å². The zero-order chi connectivity index (χ0) is 17.5. The number of nitrogens with one attached hydrogen (secondary N) is 1. The van der Waals surface area contributed by atoms with Gasteiger partial charge in [0.15, 0.2) is 0 Å². The van der Waals surface area contributed by atoms with Crippen molar-refractivity contribution in [1.29, 1.82) is 0 Å². The van der Waals surface area contributed by atoms with E-state index in [1.807, 2.05) is 24.3 Å². The summed E-state index contributed by atoms with van der Waals surface area (Å²) in [6.07, 6.45) is 0. The van der Waals surface area contributed by atoms with Gasteiger partial charge >= 0.3 is 0 Å². The number of hydrogen-bond acceptors (Lipinski definition) is 5. The van der Waals surface area contributed by atoms with E-state index in [-0.39, 0.29) is 12.5 Å². The molecule has 0 saturated carbocycles. The molecule has 1 heterocycles. The third-order valence-corrected chi connectivity index (χ3v) is 4.83. The Bertz CT molecular complexity index is 614. The van der Waals surface area contributed by atoms with E-state index in [9.17, 15) is 4.79 Å². The summed E-state index contributed by atoms with van der Waals surface area (Å²) in [6.45, 7) is 10.6. The number of para-hydroxylation sites is 1. The van der Waals surface area contributed by atoms with Crippen LogP contribution >= 0.6 is 11.3 Å². The Morgan fingerprint density at radius 3 is 2.62 bits per heavy atom. The van der Waals surface area contributed by atoms with E-state index in [0.717, 1.165) is 21.8 Å². The van der Waals surface area contributed by atoms with Gasteiger partial charge in [0.2, 0.25) is 5.91 Å². The highest BCUT2D eigenvalue weighted by atomic mass is 32.1. The van der Waals surface area contributed by atoms with Crippen molar-refractivity contribution in [1.82, 2.24) is 15.2 Å². The minimum absolute atomic E-state index is 0.0687. The fourth-order valence-electron chi connectivity index (χ4n) is 2.70. The Kier molecular flexibility index (Phi) is 7.15. The molecule has 0 aliphatic carbocycles. The largest absolute Gasteiger partial charge is 0.364 e. The highest BCUT2D eigenvalue weighted by Crippen LogP contribution is 2.21. The number of amides is 1. The minimum Gasteiger partial charge on any atom is -0.364 e. The zero-order valence-corrected chi connectivity index (χ0v) is 15.7. The molecular weight excluding hydrogens is 322 g/mol. The first kappa shape index (κ1) is 18.8. The molecule has 0 aliphatic heterocycles. The number of thiazole rings is 1. The smallest absolute Gasteiger partial charge is 0.246 e. The number of benzene rings is 1. The van der Waals surface area contributed by atoms with Gasteiger partial charge < -0.3 is 10.1 Å². The van der Waals surface area contributed by atoms with Gasteiger partial charge in [0, 0.05) is 25.2 Å². The van der Waals surface area contributed by atoms with Crippen LogP contribution in [0.4, 0.5) is 0 Å². The molecule has 24 heavy (non-hydrogen) atoms. The van der Waals surface area contributed by atoms with Crippen LogP contribution in [0.15, 0.2) is 24.3 Å². The maximum Gasteiger partial charge on any atom is 0.246 e. The molecule has 0 unspecified atom stereocenters. The molecule has 5 nitrogen and oxygen atoms in total. The molecule has 0 aliphatic rings. The summed E-state index contributed by atoms with van der Waals surface area (Å²) < 4.78 is 6.63. The molecule has 1 amide bonds. The molecule has 0 fully saturated rings. The first-order valence-corrected chi connectivity index (χ1v) is 9.23. The van der Waals surface area contributed by atoms with Crippen molar-refractivity contribution in [2.75, 3.05) is 19.7 Å². The number of carbonyl (C=O) groups is 1. The minimum atomic E-state index is -0.0800. The van der Waals surface area contributed by atoms with E-state index in [1.54, 1.807) is 11.3 Å². The molecule has 0 radical (unpaired) electrons. The van der Waals surface area contributed by atoms with E-state index in [2.05, 4.69) is 42.9 Å². The molecule has 0 atom stereocenters. The summed E-state index contributed by atoms with van der Waals surface area (Å²) in [5, 5.41) is 3.81. The van der Waals surface area contributed by atoms with Gasteiger partial charge in [0.1, 0.15) is 11.6 Å². The average Bonchev–Trinajstić information content (AvgIpc) is 2.93. The van der Waals surface area contributed by atoms with Crippen molar-refractivity contribution in [3.05, 3.63) is 29.3 Å². The highest BCUT2D eigenvalue weighted by Gasteiger charge is 2.13. The van der Waals surface area contributed by atoms with Crippen molar-refractivity contribution >= 4 is 27.5 Å². The van der Waals surface area contributed by atoms with Crippen LogP contribution in [0, 0.1) is 0 Å². The number of nitrogens with zero attached hydrogens (tertiary/aromatic N) is 2. The number of hydrogen-bond donors (Lipinski definition) is 1. The third-order valence-electron chi connectivity index (χ3n) is 3.82. The second-order valence-corrected chi connectivity index (χ2v) is 7.46. The Hall–Kier alpha value is -1.50. The second-order valence-electron chi connectivity index (χ2n) is 6.34.